The molecule has 138 valence electrons. The highest BCUT2D eigenvalue weighted by Gasteiger charge is 2.19. The summed E-state index contributed by atoms with van der Waals surface area (Å²) in [7, 11) is 0. The third kappa shape index (κ3) is 4.47. The molecular formula is C23H28O3. The van der Waals surface area contributed by atoms with Crippen LogP contribution < -0.4 is 0 Å². The van der Waals surface area contributed by atoms with Crippen LogP contribution in [0.2, 0.25) is 0 Å². The Kier molecular flexibility index (Phi) is 6.35. The van der Waals surface area contributed by atoms with E-state index in [2.05, 4.69) is 6.07 Å². The van der Waals surface area contributed by atoms with Crippen molar-refractivity contribution in [1.82, 2.24) is 0 Å². The van der Waals surface area contributed by atoms with Gasteiger partial charge in [0, 0.05) is 6.61 Å². The highest BCUT2D eigenvalue weighted by atomic mass is 16.3. The summed E-state index contributed by atoms with van der Waals surface area (Å²) in [6.07, 6.45) is 8.05. The van der Waals surface area contributed by atoms with Crippen LogP contribution in [0.3, 0.4) is 0 Å². The van der Waals surface area contributed by atoms with E-state index in [0.717, 1.165) is 56.9 Å². The molecule has 0 aromatic heterocycles. The van der Waals surface area contributed by atoms with E-state index in [1.165, 1.54) is 22.3 Å². The molecular weight excluding hydrogens is 324 g/mol. The smallest absolute Gasteiger partial charge is 0.116 e. The van der Waals surface area contributed by atoms with E-state index in [1.807, 2.05) is 24.3 Å². The van der Waals surface area contributed by atoms with Crippen LogP contribution in [0.25, 0.3) is 11.1 Å². The van der Waals surface area contributed by atoms with Gasteiger partial charge < -0.3 is 15.3 Å². The molecule has 2 aromatic carbocycles. The van der Waals surface area contributed by atoms with Gasteiger partial charge in [-0.05, 0) is 90.6 Å². The van der Waals surface area contributed by atoms with Crippen LogP contribution in [0.4, 0.5) is 0 Å². The molecule has 0 spiro atoms. The molecule has 0 heterocycles. The van der Waals surface area contributed by atoms with E-state index < -0.39 is 0 Å². The standard InChI is InChI=1S/C23H28O3/c24-14-4-2-1-3-10-23-21(17-7-5-9-19(25)15-17)11-6-8-18-16-20(26)12-13-22(18)23/h5,7,9,12-13,15-16,24-26H,1-4,6,8,10-11,14H2. The predicted molar refractivity (Wildman–Crippen MR) is 106 cm³/mol. The number of benzene rings is 2. The lowest BCUT2D eigenvalue weighted by Gasteiger charge is -2.16. The summed E-state index contributed by atoms with van der Waals surface area (Å²) < 4.78 is 0. The Bertz CT molecular complexity index is 777. The van der Waals surface area contributed by atoms with Crippen molar-refractivity contribution in [1.29, 1.82) is 0 Å². The summed E-state index contributed by atoms with van der Waals surface area (Å²) in [5.41, 5.74) is 6.20. The zero-order chi connectivity index (χ0) is 18.4. The molecule has 0 atom stereocenters. The Morgan fingerprint density at radius 2 is 1.62 bits per heavy atom. The van der Waals surface area contributed by atoms with E-state index in [0.29, 0.717) is 11.5 Å². The number of hydrogen-bond acceptors (Lipinski definition) is 3. The highest BCUT2D eigenvalue weighted by molar-refractivity contribution is 5.92. The summed E-state index contributed by atoms with van der Waals surface area (Å²) in [6.45, 7) is 0.263. The maximum Gasteiger partial charge on any atom is 0.116 e. The summed E-state index contributed by atoms with van der Waals surface area (Å²) >= 11 is 0. The minimum Gasteiger partial charge on any atom is -0.508 e. The van der Waals surface area contributed by atoms with Crippen molar-refractivity contribution in [3.05, 3.63) is 59.2 Å². The average Bonchev–Trinajstić information content (AvgIpc) is 2.80. The Hall–Kier alpha value is -2.26. The Morgan fingerprint density at radius 3 is 2.42 bits per heavy atom. The fourth-order valence-corrected chi connectivity index (χ4v) is 3.92. The second kappa shape index (κ2) is 8.91. The number of fused-ring (bicyclic) bond motifs is 1. The fourth-order valence-electron chi connectivity index (χ4n) is 3.92. The van der Waals surface area contributed by atoms with Gasteiger partial charge in [0.1, 0.15) is 11.5 Å². The number of phenolic OH excluding ortho intramolecular Hbond substituents is 2. The first-order chi connectivity index (χ1) is 12.7. The van der Waals surface area contributed by atoms with E-state index in [4.69, 9.17) is 5.11 Å². The number of allylic oxidation sites excluding steroid dienone is 2. The number of aliphatic hydroxyl groups excluding tert-OH is 1. The molecule has 3 N–H and O–H groups in total. The molecule has 3 rings (SSSR count). The number of aryl methyl sites for hydroxylation is 1. The molecule has 0 radical (unpaired) electrons. The predicted octanol–water partition coefficient (Wildman–Crippen LogP) is 5.29. The molecule has 2 aromatic rings. The van der Waals surface area contributed by atoms with Gasteiger partial charge in [0.25, 0.3) is 0 Å². The second-order valence-corrected chi connectivity index (χ2v) is 7.09. The normalized spacial score (nSPS) is 14.2. The van der Waals surface area contributed by atoms with Gasteiger partial charge in [-0.2, -0.15) is 0 Å². The van der Waals surface area contributed by atoms with Gasteiger partial charge in [-0.15, -0.1) is 0 Å². The first kappa shape index (κ1) is 18.5. The molecule has 0 saturated carbocycles. The molecule has 3 nitrogen and oxygen atoms in total. The minimum atomic E-state index is 0.263. The fraction of sp³-hybridized carbons (Fsp3) is 0.391. The second-order valence-electron chi connectivity index (χ2n) is 7.09. The summed E-state index contributed by atoms with van der Waals surface area (Å²) in [6, 6.07) is 13.3. The minimum absolute atomic E-state index is 0.263. The number of aliphatic hydroxyl groups is 1. The van der Waals surface area contributed by atoms with Crippen LogP contribution >= 0.6 is 0 Å². The van der Waals surface area contributed by atoms with Gasteiger partial charge in [-0.25, -0.2) is 0 Å². The zero-order valence-corrected chi connectivity index (χ0v) is 15.2. The summed E-state index contributed by atoms with van der Waals surface area (Å²) in [4.78, 5) is 0. The van der Waals surface area contributed by atoms with Crippen LogP contribution in [-0.2, 0) is 6.42 Å². The maximum absolute atomic E-state index is 9.93. The van der Waals surface area contributed by atoms with Crippen molar-refractivity contribution >= 4 is 11.1 Å². The van der Waals surface area contributed by atoms with Crippen molar-refractivity contribution in [3.8, 4) is 11.5 Å². The number of unbranched alkanes of at least 4 members (excludes halogenated alkanes) is 3. The molecule has 3 heteroatoms. The van der Waals surface area contributed by atoms with Crippen molar-refractivity contribution in [2.75, 3.05) is 6.61 Å². The van der Waals surface area contributed by atoms with Gasteiger partial charge in [-0.1, -0.05) is 31.0 Å². The molecule has 0 unspecified atom stereocenters. The summed E-state index contributed by atoms with van der Waals surface area (Å²) in [5.74, 6) is 0.624. The lowest BCUT2D eigenvalue weighted by Crippen LogP contribution is -1.95. The van der Waals surface area contributed by atoms with Crippen molar-refractivity contribution < 1.29 is 15.3 Å². The molecule has 1 aliphatic carbocycles. The molecule has 0 amide bonds. The van der Waals surface area contributed by atoms with Gasteiger partial charge >= 0.3 is 0 Å². The Balaban J connectivity index is 1.97. The zero-order valence-electron chi connectivity index (χ0n) is 15.2. The molecule has 26 heavy (non-hydrogen) atoms. The Labute approximate surface area is 155 Å². The number of aromatic hydroxyl groups is 2. The monoisotopic (exact) mass is 352 g/mol. The van der Waals surface area contributed by atoms with Crippen molar-refractivity contribution in [2.24, 2.45) is 0 Å². The molecule has 0 saturated heterocycles. The van der Waals surface area contributed by atoms with E-state index in [1.54, 1.807) is 12.1 Å². The van der Waals surface area contributed by atoms with Crippen LogP contribution in [-0.4, -0.2) is 21.9 Å². The topological polar surface area (TPSA) is 60.7 Å². The number of hydrogen-bond donors (Lipinski definition) is 3. The van der Waals surface area contributed by atoms with Gasteiger partial charge in [-0.3, -0.25) is 0 Å². The van der Waals surface area contributed by atoms with Gasteiger partial charge in [0.15, 0.2) is 0 Å². The lowest BCUT2D eigenvalue weighted by atomic mass is 9.89. The van der Waals surface area contributed by atoms with E-state index >= 15 is 0 Å². The number of rotatable bonds is 7. The van der Waals surface area contributed by atoms with Crippen LogP contribution in [0.1, 0.15) is 61.6 Å². The molecule has 0 bridgehead atoms. The lowest BCUT2D eigenvalue weighted by molar-refractivity contribution is 0.282. The van der Waals surface area contributed by atoms with Crippen LogP contribution in [0.5, 0.6) is 11.5 Å². The third-order valence-electron chi connectivity index (χ3n) is 5.18. The van der Waals surface area contributed by atoms with Gasteiger partial charge in [0.2, 0.25) is 0 Å². The van der Waals surface area contributed by atoms with E-state index in [-0.39, 0.29) is 6.61 Å². The summed E-state index contributed by atoms with van der Waals surface area (Å²) in [5, 5.41) is 28.8. The van der Waals surface area contributed by atoms with Crippen LogP contribution in [0, 0.1) is 0 Å². The largest absolute Gasteiger partial charge is 0.508 e. The van der Waals surface area contributed by atoms with Crippen molar-refractivity contribution in [3.63, 3.8) is 0 Å². The first-order valence-electron chi connectivity index (χ1n) is 9.63. The molecule has 1 aliphatic rings. The SMILES string of the molecule is OCCCCCCC1=C(c2cccc(O)c2)CCCc2cc(O)ccc21. The van der Waals surface area contributed by atoms with Crippen LogP contribution in [0.15, 0.2) is 42.5 Å². The molecule has 0 aliphatic heterocycles. The number of phenols is 2. The van der Waals surface area contributed by atoms with E-state index in [9.17, 15) is 10.2 Å². The third-order valence-corrected chi connectivity index (χ3v) is 5.18. The quantitative estimate of drug-likeness (QED) is 0.594. The maximum atomic E-state index is 9.93. The Morgan fingerprint density at radius 1 is 0.808 bits per heavy atom. The highest BCUT2D eigenvalue weighted by Crippen LogP contribution is 2.40. The first-order valence-corrected chi connectivity index (χ1v) is 9.63. The average molecular weight is 352 g/mol. The molecule has 0 fully saturated rings. The van der Waals surface area contributed by atoms with Crippen molar-refractivity contribution in [2.45, 2.75) is 51.4 Å². The van der Waals surface area contributed by atoms with Gasteiger partial charge in [0.05, 0.1) is 0 Å².